The van der Waals surface area contributed by atoms with Crippen LogP contribution in [0.3, 0.4) is 0 Å². The molecule has 0 spiro atoms. The lowest BCUT2D eigenvalue weighted by atomic mass is 9.58. The van der Waals surface area contributed by atoms with Gasteiger partial charge in [0.15, 0.2) is 0 Å². The Morgan fingerprint density at radius 3 is 1.22 bits per heavy atom. The van der Waals surface area contributed by atoms with Crippen molar-refractivity contribution in [1.29, 1.82) is 0 Å². The number of hydrogen-bond acceptors (Lipinski definition) is 0. The summed E-state index contributed by atoms with van der Waals surface area (Å²) in [5.74, 6) is 8.05. The van der Waals surface area contributed by atoms with Crippen molar-refractivity contribution in [3.63, 3.8) is 0 Å². The molecule has 46 heavy (non-hydrogen) atoms. The van der Waals surface area contributed by atoms with Crippen LogP contribution in [0.15, 0.2) is 48.5 Å². The van der Waals surface area contributed by atoms with Crippen molar-refractivity contribution in [2.45, 2.75) is 142 Å². The van der Waals surface area contributed by atoms with Crippen molar-refractivity contribution in [2.75, 3.05) is 0 Å². The van der Waals surface area contributed by atoms with E-state index >= 15 is 0 Å². The molecule has 0 heterocycles. The molecule has 3 aliphatic rings. The largest absolute Gasteiger partial charge is 0.146 e. The highest BCUT2D eigenvalue weighted by Gasteiger charge is 2.45. The second-order valence-electron chi connectivity index (χ2n) is 18.2. The summed E-state index contributed by atoms with van der Waals surface area (Å²) < 4.78 is 0. The topological polar surface area (TPSA) is 0 Å². The van der Waals surface area contributed by atoms with E-state index in [1.54, 1.807) is 0 Å². The van der Waals surface area contributed by atoms with Crippen LogP contribution in [0, 0.1) is 22.9 Å². The lowest BCUT2D eigenvalue weighted by Gasteiger charge is -2.44. The fraction of sp³-hybridized carbons (Fsp3) is 0.500. The standard InChI is InChI=1S/C44H58Si2/c1-28(2)46(29(3)4,30(5)6)25-23-32-17-16-31(22-24-45(13,14)15)39-40(32)42-36-21-19-33(43(7,8)9)26-37(36)41(39)35-20-18-34(27-38(35)42)44(10,11)12/h16-21,26-30,41-42H,1-15H3/t41-,42-/m0/s1. The molecule has 0 unspecified atom stereocenters. The predicted octanol–water partition coefficient (Wildman–Crippen LogP) is 12.1. The minimum atomic E-state index is -1.92. The summed E-state index contributed by atoms with van der Waals surface area (Å²) in [6, 6.07) is 19.4. The van der Waals surface area contributed by atoms with Crippen LogP contribution in [0.5, 0.6) is 0 Å². The number of rotatable bonds is 3. The molecule has 2 bridgehead atoms. The molecule has 0 fully saturated rings. The van der Waals surface area contributed by atoms with Gasteiger partial charge in [-0.3, -0.25) is 0 Å². The molecule has 242 valence electrons. The van der Waals surface area contributed by atoms with E-state index in [1.807, 2.05) is 0 Å². The van der Waals surface area contributed by atoms with Gasteiger partial charge in [0, 0.05) is 23.0 Å². The predicted molar refractivity (Wildman–Crippen MR) is 207 cm³/mol. The first-order valence-corrected chi connectivity index (χ1v) is 23.4. The minimum Gasteiger partial charge on any atom is -0.127 e. The van der Waals surface area contributed by atoms with Crippen LogP contribution < -0.4 is 0 Å². The minimum absolute atomic E-state index is 0.0811. The Labute approximate surface area is 284 Å². The van der Waals surface area contributed by atoms with Crippen molar-refractivity contribution in [1.82, 2.24) is 0 Å². The SMILES string of the molecule is CC(C)[Si](C#Cc1ccc(C#C[Si](C)(C)C)c2c1[C@H]1c3ccc(C(C)(C)C)cc3[C@@H]2c2ccc(C(C)(C)C)cc21)(C(C)C)C(C)C. The van der Waals surface area contributed by atoms with Gasteiger partial charge in [-0.1, -0.05) is 151 Å². The lowest BCUT2D eigenvalue weighted by molar-refractivity contribution is 0.583. The van der Waals surface area contributed by atoms with E-state index < -0.39 is 16.1 Å². The Morgan fingerprint density at radius 1 is 0.522 bits per heavy atom. The molecule has 3 aromatic rings. The second-order valence-corrected chi connectivity index (χ2v) is 28.5. The van der Waals surface area contributed by atoms with Crippen LogP contribution in [-0.2, 0) is 10.8 Å². The third kappa shape index (κ3) is 5.91. The Bertz CT molecular complexity index is 1770. The summed E-state index contributed by atoms with van der Waals surface area (Å²) in [5, 5.41) is 0. The molecule has 2 heteroatoms. The van der Waals surface area contributed by atoms with E-state index in [1.165, 1.54) is 55.6 Å². The highest BCUT2D eigenvalue weighted by molar-refractivity contribution is 6.90. The van der Waals surface area contributed by atoms with E-state index in [4.69, 9.17) is 0 Å². The summed E-state index contributed by atoms with van der Waals surface area (Å²) in [6.07, 6.45) is 0. The van der Waals surface area contributed by atoms with E-state index in [-0.39, 0.29) is 22.7 Å². The van der Waals surface area contributed by atoms with Gasteiger partial charge in [0.1, 0.15) is 16.1 Å². The van der Waals surface area contributed by atoms with Crippen LogP contribution in [0.1, 0.15) is 151 Å². The smallest absolute Gasteiger partial charge is 0.127 e. The fourth-order valence-corrected chi connectivity index (χ4v) is 14.1. The zero-order chi connectivity index (χ0) is 34.1. The van der Waals surface area contributed by atoms with Gasteiger partial charge in [-0.15, -0.1) is 11.1 Å². The van der Waals surface area contributed by atoms with Gasteiger partial charge in [-0.05, 0) is 84.1 Å². The summed E-state index contributed by atoms with van der Waals surface area (Å²) in [7, 11) is -3.51. The van der Waals surface area contributed by atoms with Gasteiger partial charge in [0.2, 0.25) is 0 Å². The second kappa shape index (κ2) is 11.7. The highest BCUT2D eigenvalue weighted by Crippen LogP contribution is 2.58. The fourth-order valence-electron chi connectivity index (χ4n) is 8.41. The number of hydrogen-bond donors (Lipinski definition) is 0. The molecule has 0 N–H and O–H groups in total. The maximum absolute atomic E-state index is 4.11. The molecule has 3 aliphatic carbocycles. The highest BCUT2D eigenvalue weighted by atomic mass is 28.3. The third-order valence-electron chi connectivity index (χ3n) is 10.9. The van der Waals surface area contributed by atoms with Gasteiger partial charge in [-0.25, -0.2) is 0 Å². The summed E-state index contributed by atoms with van der Waals surface area (Å²) in [4.78, 5) is 0. The molecule has 0 amide bonds. The maximum atomic E-state index is 4.11. The average Bonchev–Trinajstić information content (AvgIpc) is 2.93. The van der Waals surface area contributed by atoms with Gasteiger partial charge in [-0.2, -0.15) is 0 Å². The van der Waals surface area contributed by atoms with Gasteiger partial charge >= 0.3 is 0 Å². The molecule has 0 saturated carbocycles. The Hall–Kier alpha value is -2.79. The first-order valence-electron chi connectivity index (χ1n) is 17.7. The Balaban J connectivity index is 1.90. The van der Waals surface area contributed by atoms with Crippen LogP contribution in [0.4, 0.5) is 0 Å². The molecule has 0 aliphatic heterocycles. The quantitative estimate of drug-likeness (QED) is 0.136. The molecule has 0 aromatic heterocycles. The van der Waals surface area contributed by atoms with E-state index in [0.717, 1.165) is 0 Å². The first-order chi connectivity index (χ1) is 21.2. The number of benzene rings is 3. The average molecular weight is 643 g/mol. The van der Waals surface area contributed by atoms with E-state index in [0.29, 0.717) is 16.6 Å². The van der Waals surface area contributed by atoms with Crippen LogP contribution >= 0.6 is 0 Å². The maximum Gasteiger partial charge on any atom is 0.146 e. The molecular weight excluding hydrogens is 585 g/mol. The van der Waals surface area contributed by atoms with Crippen molar-refractivity contribution in [3.05, 3.63) is 104 Å². The Kier molecular flexibility index (Phi) is 8.80. The van der Waals surface area contributed by atoms with Crippen LogP contribution in [0.25, 0.3) is 0 Å². The molecule has 0 radical (unpaired) electrons. The summed E-state index contributed by atoms with van der Waals surface area (Å²) in [6.45, 7) is 35.6. The Morgan fingerprint density at radius 2 is 0.891 bits per heavy atom. The summed E-state index contributed by atoms with van der Waals surface area (Å²) >= 11 is 0. The van der Waals surface area contributed by atoms with Crippen molar-refractivity contribution in [2.24, 2.45) is 0 Å². The first kappa shape index (κ1) is 34.5. The van der Waals surface area contributed by atoms with Gasteiger partial charge in [0.25, 0.3) is 0 Å². The summed E-state index contributed by atoms with van der Waals surface area (Å²) in [5.41, 5.74) is 23.7. The van der Waals surface area contributed by atoms with Crippen LogP contribution in [0.2, 0.25) is 36.3 Å². The van der Waals surface area contributed by atoms with Gasteiger partial charge < -0.3 is 0 Å². The molecule has 2 atom stereocenters. The molecule has 3 aromatic carbocycles. The molecule has 0 saturated heterocycles. The zero-order valence-electron chi connectivity index (χ0n) is 31.5. The zero-order valence-corrected chi connectivity index (χ0v) is 33.5. The van der Waals surface area contributed by atoms with Crippen molar-refractivity contribution >= 4 is 16.1 Å². The lowest BCUT2D eigenvalue weighted by Crippen LogP contribution is -2.43. The third-order valence-corrected chi connectivity index (χ3v) is 18.0. The van der Waals surface area contributed by atoms with E-state index in [2.05, 4.69) is 174 Å². The molecule has 0 nitrogen and oxygen atoms in total. The van der Waals surface area contributed by atoms with Crippen molar-refractivity contribution < 1.29 is 0 Å². The van der Waals surface area contributed by atoms with Crippen LogP contribution in [-0.4, -0.2) is 16.1 Å². The van der Waals surface area contributed by atoms with E-state index in [9.17, 15) is 0 Å². The van der Waals surface area contributed by atoms with Crippen molar-refractivity contribution in [3.8, 4) is 22.9 Å². The normalized spacial score (nSPS) is 17.3. The van der Waals surface area contributed by atoms with Gasteiger partial charge in [0.05, 0.1) is 0 Å². The molecule has 6 rings (SSSR count). The molecular formula is C44H58Si2. The monoisotopic (exact) mass is 642 g/mol.